The fourth-order valence-electron chi connectivity index (χ4n) is 17.8. The van der Waals surface area contributed by atoms with Crippen LogP contribution < -0.4 is 0 Å². The molecule has 10 rings (SSSR count). The van der Waals surface area contributed by atoms with Gasteiger partial charge in [-0.1, -0.05) is 53.2 Å². The molecule has 35 atom stereocenters. The van der Waals surface area contributed by atoms with E-state index in [-0.39, 0.29) is 31.6 Å². The molecule has 5 heterocycles. The molecule has 29 nitrogen and oxygen atoms in total. The molecule has 0 spiro atoms. The van der Waals surface area contributed by atoms with Crippen LogP contribution in [-0.2, 0) is 57.0 Å². The Morgan fingerprint density at radius 2 is 1.17 bits per heavy atom. The van der Waals surface area contributed by atoms with E-state index in [9.17, 15) is 91.6 Å². The lowest BCUT2D eigenvalue weighted by Gasteiger charge is -2.73. The van der Waals surface area contributed by atoms with E-state index in [1.165, 1.54) is 13.8 Å². The van der Waals surface area contributed by atoms with E-state index < -0.39 is 242 Å². The average molecular weight is 1250 g/mol. The zero-order valence-corrected chi connectivity index (χ0v) is 50.0. The molecule has 498 valence electrons. The molecule has 10 aliphatic rings. The second-order valence-corrected chi connectivity index (χ2v) is 28.4. The number of esters is 1. The van der Waals surface area contributed by atoms with Crippen LogP contribution in [0, 0.1) is 50.2 Å². The SMILES string of the molecule is C[C@@H]1O[C@@H](O[C@@H]2[C@@H](O)[C@H](O[C@@H]3[C@@H](O)[C@@H](O)[C@H](O[C@H]4[C@H](OC(=O)[C@]56CCC(C)(C)C[C@H]5C5=CCC7[C@@]8(C)C[C@H](O)[C@H](O[C@@H]9O[C@H](C(=O)O)[C@@H](O)[C@H](O)[C@H]9O)[C@@](C)(CO)C8[C@H](O)C[C@@]7(C)[C@]5(C)C[C@H]6O)O[C@@H](CO)[C@@H]4O)O[C@H]3C)OC[C@H]2O)[C@H](O)[C@H](O)[C@H]1O. The van der Waals surface area contributed by atoms with Crippen molar-refractivity contribution < 1.29 is 144 Å². The fourth-order valence-corrected chi connectivity index (χ4v) is 17.8. The van der Waals surface area contributed by atoms with Crippen LogP contribution in [0.1, 0.15) is 100 Å². The van der Waals surface area contributed by atoms with Crippen molar-refractivity contribution in [2.45, 2.75) is 266 Å². The number of hydrogen-bond acceptors (Lipinski definition) is 28. The summed E-state index contributed by atoms with van der Waals surface area (Å²) in [5.41, 5.74) is -5.53. The molecular weight excluding hydrogens is 1160 g/mol. The van der Waals surface area contributed by atoms with Gasteiger partial charge in [0.25, 0.3) is 0 Å². The van der Waals surface area contributed by atoms with Gasteiger partial charge >= 0.3 is 11.9 Å². The number of hydrogen-bond donors (Lipinski definition) is 17. The molecule has 9 fully saturated rings. The Balaban J connectivity index is 0.866. The Kier molecular flexibility index (Phi) is 18.8. The largest absolute Gasteiger partial charge is 0.479 e. The first kappa shape index (κ1) is 67.6. The van der Waals surface area contributed by atoms with Gasteiger partial charge in [-0.2, -0.15) is 0 Å². The van der Waals surface area contributed by atoms with E-state index in [0.717, 1.165) is 5.57 Å². The van der Waals surface area contributed by atoms with E-state index >= 15 is 4.79 Å². The summed E-state index contributed by atoms with van der Waals surface area (Å²) in [6, 6.07) is 0. The van der Waals surface area contributed by atoms with Crippen LogP contribution in [0.25, 0.3) is 0 Å². The smallest absolute Gasteiger partial charge is 0.335 e. The number of aliphatic carboxylic acids is 1. The maximum absolute atomic E-state index is 15.5. The number of carbonyl (C=O) groups is 2. The van der Waals surface area contributed by atoms with Crippen molar-refractivity contribution in [2.75, 3.05) is 19.8 Å². The first-order chi connectivity index (χ1) is 40.6. The van der Waals surface area contributed by atoms with Gasteiger partial charge in [0.15, 0.2) is 37.4 Å². The van der Waals surface area contributed by atoms with Crippen LogP contribution in [0.3, 0.4) is 0 Å². The highest BCUT2D eigenvalue weighted by molar-refractivity contribution is 5.80. The predicted molar refractivity (Wildman–Crippen MR) is 287 cm³/mol. The van der Waals surface area contributed by atoms with E-state index in [2.05, 4.69) is 19.9 Å². The number of carboxylic acid groups (broad SMARTS) is 1. The molecule has 0 amide bonds. The highest BCUT2D eigenvalue weighted by atomic mass is 16.8. The van der Waals surface area contributed by atoms with Gasteiger partial charge in [0.1, 0.15) is 90.9 Å². The predicted octanol–water partition coefficient (Wildman–Crippen LogP) is -4.90. The second-order valence-electron chi connectivity index (χ2n) is 28.4. The maximum atomic E-state index is 15.5. The quantitative estimate of drug-likeness (QED) is 0.0467. The molecule has 5 aliphatic carbocycles. The summed E-state index contributed by atoms with van der Waals surface area (Å²) in [6.07, 6.45) is -41.1. The lowest BCUT2D eigenvalue weighted by atomic mass is 9.32. The number of carboxylic acids is 1. The van der Waals surface area contributed by atoms with Crippen LogP contribution >= 0.6 is 0 Å². The van der Waals surface area contributed by atoms with Gasteiger partial charge in [0.2, 0.25) is 6.29 Å². The van der Waals surface area contributed by atoms with Crippen LogP contribution in [0.2, 0.25) is 0 Å². The molecule has 0 aromatic carbocycles. The Morgan fingerprint density at radius 3 is 1.80 bits per heavy atom. The van der Waals surface area contributed by atoms with Crippen molar-refractivity contribution in [1.82, 2.24) is 0 Å². The number of aliphatic hydroxyl groups excluding tert-OH is 16. The van der Waals surface area contributed by atoms with Gasteiger partial charge in [0, 0.05) is 11.3 Å². The van der Waals surface area contributed by atoms with Crippen LogP contribution in [0.4, 0.5) is 0 Å². The molecule has 5 aliphatic heterocycles. The third-order valence-corrected chi connectivity index (χ3v) is 22.7. The summed E-state index contributed by atoms with van der Waals surface area (Å²) < 4.78 is 58.6. The van der Waals surface area contributed by atoms with Gasteiger partial charge in [-0.3, -0.25) is 4.79 Å². The van der Waals surface area contributed by atoms with Gasteiger partial charge < -0.3 is 134 Å². The van der Waals surface area contributed by atoms with Gasteiger partial charge in [-0.05, 0) is 92.3 Å². The third kappa shape index (κ3) is 10.9. The van der Waals surface area contributed by atoms with Gasteiger partial charge in [-0.15, -0.1) is 0 Å². The standard InChI is InChI=1S/C58H92O29/c1-20-30(65)32(67)36(71)48(79-20)83-41-26(63)18-78-47(39(41)74)82-40-21(2)80-49(38(73)35(40)70)85-43-31(66)27(17-59)81-51(43)87-52(77)58-12-11-53(3,4)13-23(58)22-9-10-28-54(5)14-25(62)45(86-50-37(72)33(68)34(69)42(84-50)46(75)76)55(6,19-60)44(54)24(61)15-57(28,8)56(22,7)16-29(58)64/h9,20-21,23-45,47-51,59-74H,10-19H2,1-8H3,(H,75,76)/t20-,21-,23-,24+,25-,26+,27-,28?,29+,30-,31-,32+,33-,34-,35-,36+,37+,38+,39+,40-,41-,42-,43+,44?,45-,47-,48-,49-,50-,51-,54+,55-,56+,57+,58+/m0/s1. The van der Waals surface area contributed by atoms with Crippen LogP contribution in [-0.4, -0.2) is 284 Å². The number of ether oxygens (including phenoxy) is 10. The van der Waals surface area contributed by atoms with Crippen molar-refractivity contribution >= 4 is 11.9 Å². The van der Waals surface area contributed by atoms with E-state index in [4.69, 9.17) is 47.4 Å². The molecule has 0 radical (unpaired) electrons. The summed E-state index contributed by atoms with van der Waals surface area (Å²) in [7, 11) is 0. The van der Waals surface area contributed by atoms with E-state index in [0.29, 0.717) is 19.3 Å². The number of carbonyl (C=O) groups excluding carboxylic acids is 1. The summed E-state index contributed by atoms with van der Waals surface area (Å²) in [5.74, 6) is -4.44. The highest BCUT2D eigenvalue weighted by Crippen LogP contribution is 2.76. The minimum atomic E-state index is -2.01. The summed E-state index contributed by atoms with van der Waals surface area (Å²) in [5, 5.41) is 189. The Bertz CT molecular complexity index is 2510. The molecular formula is C58H92O29. The number of rotatable bonds is 13. The topological polar surface area (TPSA) is 470 Å². The molecule has 29 heteroatoms. The maximum Gasteiger partial charge on any atom is 0.335 e. The van der Waals surface area contributed by atoms with Crippen molar-refractivity contribution in [3.8, 4) is 0 Å². The van der Waals surface area contributed by atoms with Gasteiger partial charge in [-0.25, -0.2) is 4.79 Å². The van der Waals surface area contributed by atoms with Crippen LogP contribution in [0.15, 0.2) is 11.6 Å². The Labute approximate surface area is 502 Å². The molecule has 4 saturated carbocycles. The zero-order chi connectivity index (χ0) is 63.9. The minimum Gasteiger partial charge on any atom is -0.479 e. The first-order valence-corrected chi connectivity index (χ1v) is 30.3. The monoisotopic (exact) mass is 1250 g/mol. The van der Waals surface area contributed by atoms with Crippen molar-refractivity contribution in [3.05, 3.63) is 11.6 Å². The number of aliphatic hydroxyl groups is 16. The fraction of sp³-hybridized carbons (Fsp3) is 0.931. The molecule has 2 unspecified atom stereocenters. The van der Waals surface area contributed by atoms with Crippen molar-refractivity contribution in [2.24, 2.45) is 50.2 Å². The molecule has 0 bridgehead atoms. The van der Waals surface area contributed by atoms with Crippen molar-refractivity contribution in [3.63, 3.8) is 0 Å². The highest BCUT2D eigenvalue weighted by Gasteiger charge is 2.75. The molecule has 0 aromatic rings. The number of allylic oxidation sites excluding steroid dienone is 2. The molecule has 5 saturated heterocycles. The third-order valence-electron chi connectivity index (χ3n) is 22.7. The van der Waals surface area contributed by atoms with Crippen molar-refractivity contribution in [1.29, 1.82) is 0 Å². The normalized spacial score (nSPS) is 55.8. The summed E-state index contributed by atoms with van der Waals surface area (Å²) >= 11 is 0. The molecule has 17 N–H and O–H groups in total. The lowest BCUT2D eigenvalue weighted by Crippen LogP contribution is -2.73. The number of fused-ring (bicyclic) bond motifs is 7. The van der Waals surface area contributed by atoms with E-state index in [1.54, 1.807) is 6.92 Å². The zero-order valence-electron chi connectivity index (χ0n) is 50.0. The average Bonchev–Trinajstić information content (AvgIpc) is 0.913. The molecule has 87 heavy (non-hydrogen) atoms. The minimum absolute atomic E-state index is 0.0230. The lowest BCUT2D eigenvalue weighted by molar-refractivity contribution is -0.369. The Hall–Kier alpha value is -2.32. The first-order valence-electron chi connectivity index (χ1n) is 30.3. The summed E-state index contributed by atoms with van der Waals surface area (Å²) in [4.78, 5) is 27.4. The van der Waals surface area contributed by atoms with Gasteiger partial charge in [0.05, 0.1) is 56.4 Å². The van der Waals surface area contributed by atoms with Crippen LogP contribution in [0.5, 0.6) is 0 Å². The van der Waals surface area contributed by atoms with E-state index in [1.807, 2.05) is 20.8 Å². The second kappa shape index (κ2) is 24.2. The summed E-state index contributed by atoms with van der Waals surface area (Å²) in [6.45, 7) is 12.5. The molecule has 0 aromatic heterocycles. The Morgan fingerprint density at radius 1 is 0.575 bits per heavy atom.